The Hall–Kier alpha value is -1.16. The molecule has 0 bridgehead atoms. The Balaban J connectivity index is 2.10. The van der Waals surface area contributed by atoms with Gasteiger partial charge in [-0.05, 0) is 31.4 Å². The van der Waals surface area contributed by atoms with Crippen LogP contribution in [0.1, 0.15) is 25.7 Å². The minimum Gasteiger partial charge on any atom is -0.485 e. The average Bonchev–Trinajstić information content (AvgIpc) is 2.28. The summed E-state index contributed by atoms with van der Waals surface area (Å²) in [6.45, 7) is 0. The molecule has 0 amide bonds. The van der Waals surface area contributed by atoms with Crippen LogP contribution in [0.15, 0.2) is 18.2 Å². The van der Waals surface area contributed by atoms with Gasteiger partial charge in [0.1, 0.15) is 6.10 Å². The summed E-state index contributed by atoms with van der Waals surface area (Å²) in [5.74, 6) is -2.03. The fraction of sp³-hybridized carbons (Fsp3) is 0.500. The first-order valence-electron chi connectivity index (χ1n) is 5.47. The quantitative estimate of drug-likeness (QED) is 0.843. The molecule has 16 heavy (non-hydrogen) atoms. The highest BCUT2D eigenvalue weighted by atomic mass is 19.2. The SMILES string of the molecule is OC1CCCCC1Oc1cccc(F)c1F. The molecule has 2 unspecified atom stereocenters. The minimum atomic E-state index is -0.986. The number of hydrogen-bond acceptors (Lipinski definition) is 2. The Bertz CT molecular complexity index is 368. The number of rotatable bonds is 2. The van der Waals surface area contributed by atoms with E-state index in [0.29, 0.717) is 12.8 Å². The predicted octanol–water partition coefficient (Wildman–Crippen LogP) is 2.65. The van der Waals surface area contributed by atoms with Crippen LogP contribution in [0.3, 0.4) is 0 Å². The first kappa shape index (κ1) is 11.3. The highest BCUT2D eigenvalue weighted by Gasteiger charge is 2.25. The lowest BCUT2D eigenvalue weighted by Gasteiger charge is -2.28. The molecule has 0 radical (unpaired) electrons. The van der Waals surface area contributed by atoms with E-state index in [1.165, 1.54) is 12.1 Å². The lowest BCUT2D eigenvalue weighted by atomic mass is 9.95. The van der Waals surface area contributed by atoms with E-state index in [4.69, 9.17) is 4.74 Å². The van der Waals surface area contributed by atoms with Gasteiger partial charge in [0.05, 0.1) is 6.10 Å². The second kappa shape index (κ2) is 4.78. The van der Waals surface area contributed by atoms with Crippen molar-refractivity contribution in [2.45, 2.75) is 37.9 Å². The van der Waals surface area contributed by atoms with Crippen LogP contribution in [-0.4, -0.2) is 17.3 Å². The van der Waals surface area contributed by atoms with E-state index in [9.17, 15) is 13.9 Å². The molecule has 2 rings (SSSR count). The van der Waals surface area contributed by atoms with Crippen molar-refractivity contribution in [3.63, 3.8) is 0 Å². The monoisotopic (exact) mass is 228 g/mol. The van der Waals surface area contributed by atoms with Gasteiger partial charge in [-0.1, -0.05) is 12.5 Å². The molecule has 1 fully saturated rings. The third-order valence-corrected chi connectivity index (χ3v) is 2.86. The Labute approximate surface area is 92.9 Å². The van der Waals surface area contributed by atoms with Gasteiger partial charge in [0.15, 0.2) is 11.6 Å². The molecule has 1 aromatic rings. The molecule has 4 heteroatoms. The normalized spacial score (nSPS) is 25.4. The number of benzene rings is 1. The smallest absolute Gasteiger partial charge is 0.200 e. The van der Waals surface area contributed by atoms with Gasteiger partial charge in [0.25, 0.3) is 0 Å². The van der Waals surface area contributed by atoms with Gasteiger partial charge in [-0.3, -0.25) is 0 Å². The van der Waals surface area contributed by atoms with Crippen molar-refractivity contribution in [2.75, 3.05) is 0 Å². The molecule has 1 N–H and O–H groups in total. The second-order valence-corrected chi connectivity index (χ2v) is 4.06. The molecule has 1 aromatic carbocycles. The summed E-state index contributed by atoms with van der Waals surface area (Å²) in [5, 5.41) is 9.65. The molecular formula is C12H14F2O2. The van der Waals surface area contributed by atoms with Crippen molar-refractivity contribution < 1.29 is 18.6 Å². The Morgan fingerprint density at radius 1 is 1.19 bits per heavy atom. The predicted molar refractivity (Wildman–Crippen MR) is 55.2 cm³/mol. The molecule has 0 spiro atoms. The molecular weight excluding hydrogens is 214 g/mol. The summed E-state index contributed by atoms with van der Waals surface area (Å²) in [5.41, 5.74) is 0. The maximum Gasteiger partial charge on any atom is 0.200 e. The third-order valence-electron chi connectivity index (χ3n) is 2.86. The van der Waals surface area contributed by atoms with E-state index in [0.717, 1.165) is 18.9 Å². The Morgan fingerprint density at radius 2 is 1.94 bits per heavy atom. The second-order valence-electron chi connectivity index (χ2n) is 4.06. The fourth-order valence-corrected chi connectivity index (χ4v) is 1.95. The van der Waals surface area contributed by atoms with Crippen molar-refractivity contribution in [2.24, 2.45) is 0 Å². The van der Waals surface area contributed by atoms with Gasteiger partial charge in [-0.25, -0.2) is 4.39 Å². The standard InChI is InChI=1S/C12H14F2O2/c13-8-4-3-7-11(12(8)14)16-10-6-2-1-5-9(10)15/h3-4,7,9-10,15H,1-2,5-6H2. The largest absolute Gasteiger partial charge is 0.485 e. The van der Waals surface area contributed by atoms with E-state index >= 15 is 0 Å². The van der Waals surface area contributed by atoms with Crippen LogP contribution in [-0.2, 0) is 0 Å². The van der Waals surface area contributed by atoms with Crippen molar-refractivity contribution >= 4 is 0 Å². The van der Waals surface area contributed by atoms with E-state index in [1.54, 1.807) is 0 Å². The molecule has 1 aliphatic carbocycles. The van der Waals surface area contributed by atoms with Crippen LogP contribution in [0.5, 0.6) is 5.75 Å². The number of aliphatic hydroxyl groups excluding tert-OH is 1. The van der Waals surface area contributed by atoms with Gasteiger partial charge < -0.3 is 9.84 Å². The van der Waals surface area contributed by atoms with Crippen molar-refractivity contribution in [3.05, 3.63) is 29.8 Å². The van der Waals surface area contributed by atoms with E-state index in [1.807, 2.05) is 0 Å². The summed E-state index contributed by atoms with van der Waals surface area (Å²) < 4.78 is 31.5. The van der Waals surface area contributed by atoms with Crippen molar-refractivity contribution in [1.82, 2.24) is 0 Å². The topological polar surface area (TPSA) is 29.5 Å². The van der Waals surface area contributed by atoms with Crippen LogP contribution in [0.4, 0.5) is 8.78 Å². The fourth-order valence-electron chi connectivity index (χ4n) is 1.95. The summed E-state index contributed by atoms with van der Waals surface area (Å²) in [6, 6.07) is 3.81. The van der Waals surface area contributed by atoms with E-state index in [2.05, 4.69) is 0 Å². The van der Waals surface area contributed by atoms with Gasteiger partial charge >= 0.3 is 0 Å². The third kappa shape index (κ3) is 2.32. The van der Waals surface area contributed by atoms with Crippen molar-refractivity contribution in [1.29, 1.82) is 0 Å². The maximum absolute atomic E-state index is 13.3. The number of hydrogen-bond donors (Lipinski definition) is 1. The zero-order chi connectivity index (χ0) is 11.5. The van der Waals surface area contributed by atoms with E-state index in [-0.39, 0.29) is 5.75 Å². The van der Waals surface area contributed by atoms with Gasteiger partial charge in [0.2, 0.25) is 5.82 Å². The van der Waals surface area contributed by atoms with Crippen LogP contribution < -0.4 is 4.74 Å². The first-order valence-corrected chi connectivity index (χ1v) is 5.47. The first-order chi connectivity index (χ1) is 7.68. The maximum atomic E-state index is 13.3. The lowest BCUT2D eigenvalue weighted by molar-refractivity contribution is 0.00466. The Kier molecular flexibility index (Phi) is 3.39. The molecule has 2 atom stereocenters. The molecule has 2 nitrogen and oxygen atoms in total. The molecule has 0 heterocycles. The molecule has 1 saturated carbocycles. The molecule has 88 valence electrons. The van der Waals surface area contributed by atoms with E-state index < -0.39 is 23.8 Å². The highest BCUT2D eigenvalue weighted by Crippen LogP contribution is 2.26. The van der Waals surface area contributed by atoms with Crippen LogP contribution >= 0.6 is 0 Å². The Morgan fingerprint density at radius 3 is 2.69 bits per heavy atom. The highest BCUT2D eigenvalue weighted by molar-refractivity contribution is 5.25. The van der Waals surface area contributed by atoms with Crippen molar-refractivity contribution in [3.8, 4) is 5.75 Å². The molecule has 1 aliphatic rings. The van der Waals surface area contributed by atoms with Crippen LogP contribution in [0.2, 0.25) is 0 Å². The van der Waals surface area contributed by atoms with Gasteiger partial charge in [0, 0.05) is 0 Å². The van der Waals surface area contributed by atoms with Crippen LogP contribution in [0.25, 0.3) is 0 Å². The summed E-state index contributed by atoms with van der Waals surface area (Å²) >= 11 is 0. The van der Waals surface area contributed by atoms with Gasteiger partial charge in [-0.2, -0.15) is 4.39 Å². The molecule has 0 aliphatic heterocycles. The molecule has 0 saturated heterocycles. The lowest BCUT2D eigenvalue weighted by Crippen LogP contribution is -2.34. The number of halogens is 2. The zero-order valence-electron chi connectivity index (χ0n) is 8.83. The molecule has 0 aromatic heterocycles. The summed E-state index contributed by atoms with van der Waals surface area (Å²) in [6.07, 6.45) is 2.21. The summed E-state index contributed by atoms with van der Waals surface area (Å²) in [4.78, 5) is 0. The summed E-state index contributed by atoms with van der Waals surface area (Å²) in [7, 11) is 0. The minimum absolute atomic E-state index is 0.119. The number of aliphatic hydroxyl groups is 1. The number of ether oxygens (including phenoxy) is 1. The zero-order valence-corrected chi connectivity index (χ0v) is 8.83. The van der Waals surface area contributed by atoms with Gasteiger partial charge in [-0.15, -0.1) is 0 Å². The average molecular weight is 228 g/mol. The van der Waals surface area contributed by atoms with Crippen LogP contribution in [0, 0.1) is 11.6 Å².